The van der Waals surface area contributed by atoms with Gasteiger partial charge in [-0.15, -0.1) is 0 Å². The first kappa shape index (κ1) is 10.7. The minimum absolute atomic E-state index is 0.409. The van der Waals surface area contributed by atoms with Crippen LogP contribution in [0.25, 0.3) is 0 Å². The number of aryl methyl sites for hydroxylation is 1. The highest BCUT2D eigenvalue weighted by atomic mass is 15.2. The van der Waals surface area contributed by atoms with E-state index in [0.29, 0.717) is 12.6 Å². The van der Waals surface area contributed by atoms with Crippen molar-refractivity contribution in [2.75, 3.05) is 5.32 Å². The maximum absolute atomic E-state index is 4.28. The molecule has 0 aromatic carbocycles. The molecule has 0 saturated heterocycles. The Bertz CT molecular complexity index is 454. The molecule has 0 atom stereocenters. The summed E-state index contributed by atoms with van der Waals surface area (Å²) in [5, 5.41) is 3.29. The van der Waals surface area contributed by atoms with Crippen LogP contribution in [0.5, 0.6) is 0 Å². The fourth-order valence-corrected chi connectivity index (χ4v) is 1.59. The average Bonchev–Trinajstić information content (AvgIpc) is 2.83. The third-order valence-electron chi connectivity index (χ3n) is 2.55. The summed E-state index contributed by atoms with van der Waals surface area (Å²) in [6.45, 7) is 4.95. The zero-order valence-corrected chi connectivity index (χ0v) is 9.88. The van der Waals surface area contributed by atoms with E-state index in [-0.39, 0.29) is 0 Å². The van der Waals surface area contributed by atoms with Gasteiger partial charge in [0, 0.05) is 37.9 Å². The van der Waals surface area contributed by atoms with Crippen LogP contribution in [-0.4, -0.2) is 19.1 Å². The summed E-state index contributed by atoms with van der Waals surface area (Å²) in [7, 11) is 1.99. The molecule has 0 radical (unpaired) electrons. The predicted molar refractivity (Wildman–Crippen MR) is 63.1 cm³/mol. The van der Waals surface area contributed by atoms with Gasteiger partial charge in [-0.25, -0.2) is 9.97 Å². The van der Waals surface area contributed by atoms with E-state index in [1.807, 2.05) is 24.0 Å². The minimum atomic E-state index is 0.409. The molecule has 0 saturated carbocycles. The molecule has 0 aliphatic carbocycles. The zero-order valence-electron chi connectivity index (χ0n) is 9.88. The van der Waals surface area contributed by atoms with Gasteiger partial charge in [-0.3, -0.25) is 0 Å². The second-order valence-corrected chi connectivity index (χ2v) is 4.06. The predicted octanol–water partition coefficient (Wildman–Crippen LogP) is 1.81. The normalized spacial score (nSPS) is 11.0. The molecule has 2 aromatic heterocycles. The zero-order chi connectivity index (χ0) is 11.5. The lowest BCUT2D eigenvalue weighted by molar-refractivity contribution is 0.603. The van der Waals surface area contributed by atoms with E-state index in [1.54, 1.807) is 12.4 Å². The average molecular weight is 219 g/mol. The maximum Gasteiger partial charge on any atom is 0.203 e. The van der Waals surface area contributed by atoms with Crippen LogP contribution in [0.2, 0.25) is 0 Å². The molecule has 5 heteroatoms. The van der Waals surface area contributed by atoms with Crippen molar-refractivity contribution in [1.82, 2.24) is 19.1 Å². The van der Waals surface area contributed by atoms with Gasteiger partial charge in [0.1, 0.15) is 5.82 Å². The van der Waals surface area contributed by atoms with E-state index < -0.39 is 0 Å². The van der Waals surface area contributed by atoms with E-state index in [0.717, 1.165) is 11.8 Å². The summed E-state index contributed by atoms with van der Waals surface area (Å²) in [4.78, 5) is 8.53. The van der Waals surface area contributed by atoms with Crippen LogP contribution in [0.4, 0.5) is 5.95 Å². The van der Waals surface area contributed by atoms with Crippen LogP contribution in [0.1, 0.15) is 25.7 Å². The van der Waals surface area contributed by atoms with Crippen LogP contribution < -0.4 is 5.32 Å². The molecular formula is C11H17N5. The van der Waals surface area contributed by atoms with Gasteiger partial charge < -0.3 is 14.5 Å². The third-order valence-corrected chi connectivity index (χ3v) is 2.55. The Balaban J connectivity index is 2.05. The first-order chi connectivity index (χ1) is 7.68. The van der Waals surface area contributed by atoms with Crippen molar-refractivity contribution >= 4 is 5.95 Å². The SMILES string of the molecule is CC(C)n1ccnc1NCc1nccn1C. The second-order valence-electron chi connectivity index (χ2n) is 4.06. The fourth-order valence-electron chi connectivity index (χ4n) is 1.59. The lowest BCUT2D eigenvalue weighted by atomic mass is 10.4. The van der Waals surface area contributed by atoms with Gasteiger partial charge in [-0.2, -0.15) is 0 Å². The van der Waals surface area contributed by atoms with Crippen LogP contribution >= 0.6 is 0 Å². The molecule has 86 valence electrons. The topological polar surface area (TPSA) is 47.7 Å². The van der Waals surface area contributed by atoms with E-state index >= 15 is 0 Å². The summed E-state index contributed by atoms with van der Waals surface area (Å²) in [5.41, 5.74) is 0. The van der Waals surface area contributed by atoms with Crippen molar-refractivity contribution in [3.05, 3.63) is 30.6 Å². The van der Waals surface area contributed by atoms with Gasteiger partial charge in [0.05, 0.1) is 6.54 Å². The summed E-state index contributed by atoms with van der Waals surface area (Å²) in [5.74, 6) is 1.89. The molecule has 5 nitrogen and oxygen atoms in total. The quantitative estimate of drug-likeness (QED) is 0.853. The van der Waals surface area contributed by atoms with Crippen molar-refractivity contribution in [1.29, 1.82) is 0 Å². The van der Waals surface area contributed by atoms with Crippen molar-refractivity contribution in [3.63, 3.8) is 0 Å². The summed E-state index contributed by atoms with van der Waals surface area (Å²) >= 11 is 0. The molecule has 0 unspecified atom stereocenters. The van der Waals surface area contributed by atoms with Crippen molar-refractivity contribution in [2.45, 2.75) is 26.4 Å². The van der Waals surface area contributed by atoms with Crippen LogP contribution in [0.15, 0.2) is 24.8 Å². The molecule has 0 aliphatic rings. The minimum Gasteiger partial charge on any atom is -0.348 e. The molecule has 0 aliphatic heterocycles. The van der Waals surface area contributed by atoms with Crippen LogP contribution in [0, 0.1) is 0 Å². The van der Waals surface area contributed by atoms with Gasteiger partial charge in [0.2, 0.25) is 5.95 Å². The number of aromatic nitrogens is 4. The first-order valence-corrected chi connectivity index (χ1v) is 5.41. The highest BCUT2D eigenvalue weighted by Gasteiger charge is 2.06. The largest absolute Gasteiger partial charge is 0.348 e. The molecule has 1 N–H and O–H groups in total. The first-order valence-electron chi connectivity index (χ1n) is 5.41. The number of hydrogen-bond acceptors (Lipinski definition) is 3. The summed E-state index contributed by atoms with van der Waals surface area (Å²) in [6.07, 6.45) is 7.52. The van der Waals surface area contributed by atoms with E-state index in [1.165, 1.54) is 0 Å². The van der Waals surface area contributed by atoms with Crippen LogP contribution in [-0.2, 0) is 13.6 Å². The Morgan fingerprint density at radius 3 is 2.62 bits per heavy atom. The number of nitrogens with zero attached hydrogens (tertiary/aromatic N) is 4. The Hall–Kier alpha value is -1.78. The Morgan fingerprint density at radius 1 is 1.25 bits per heavy atom. The Morgan fingerprint density at radius 2 is 2.00 bits per heavy atom. The Kier molecular flexibility index (Phi) is 2.94. The van der Waals surface area contributed by atoms with Gasteiger partial charge in [0.15, 0.2) is 0 Å². The van der Waals surface area contributed by atoms with E-state index in [2.05, 4.69) is 33.7 Å². The molecular weight excluding hydrogens is 202 g/mol. The highest BCUT2D eigenvalue weighted by Crippen LogP contribution is 2.12. The number of hydrogen-bond donors (Lipinski definition) is 1. The monoisotopic (exact) mass is 219 g/mol. The molecule has 0 fully saturated rings. The fraction of sp³-hybridized carbons (Fsp3) is 0.455. The number of imidazole rings is 2. The lowest BCUT2D eigenvalue weighted by Crippen LogP contribution is -2.11. The number of rotatable bonds is 4. The van der Waals surface area contributed by atoms with Gasteiger partial charge in [0.25, 0.3) is 0 Å². The standard InChI is InChI=1S/C11H17N5/c1-9(2)16-7-5-13-11(16)14-8-10-12-4-6-15(10)3/h4-7,9H,8H2,1-3H3,(H,13,14). The van der Waals surface area contributed by atoms with Gasteiger partial charge >= 0.3 is 0 Å². The molecule has 2 heterocycles. The molecule has 2 rings (SSSR count). The second kappa shape index (κ2) is 4.38. The van der Waals surface area contributed by atoms with E-state index in [9.17, 15) is 0 Å². The summed E-state index contributed by atoms with van der Waals surface area (Å²) < 4.78 is 4.10. The lowest BCUT2D eigenvalue weighted by Gasteiger charge is -2.12. The van der Waals surface area contributed by atoms with Gasteiger partial charge in [-0.1, -0.05) is 0 Å². The van der Waals surface area contributed by atoms with E-state index in [4.69, 9.17) is 0 Å². The number of nitrogens with one attached hydrogen (secondary N) is 1. The van der Waals surface area contributed by atoms with Crippen molar-refractivity contribution in [2.24, 2.45) is 7.05 Å². The van der Waals surface area contributed by atoms with Gasteiger partial charge in [-0.05, 0) is 13.8 Å². The van der Waals surface area contributed by atoms with Crippen molar-refractivity contribution in [3.8, 4) is 0 Å². The molecule has 2 aromatic rings. The highest BCUT2D eigenvalue weighted by molar-refractivity contribution is 5.26. The number of anilines is 1. The van der Waals surface area contributed by atoms with Crippen LogP contribution in [0.3, 0.4) is 0 Å². The smallest absolute Gasteiger partial charge is 0.203 e. The molecule has 16 heavy (non-hydrogen) atoms. The molecule has 0 spiro atoms. The Labute approximate surface area is 95.1 Å². The van der Waals surface area contributed by atoms with Crippen molar-refractivity contribution < 1.29 is 0 Å². The molecule has 0 bridgehead atoms. The third kappa shape index (κ3) is 2.08. The maximum atomic E-state index is 4.28. The molecule has 0 amide bonds. The summed E-state index contributed by atoms with van der Waals surface area (Å²) in [6, 6.07) is 0.409.